The highest BCUT2D eigenvalue weighted by Crippen LogP contribution is 2.19. The topological polar surface area (TPSA) is 75.4 Å². The molecule has 2 rings (SSSR count). The maximum Gasteiger partial charge on any atom is 0.251 e. The first-order valence-electron chi connectivity index (χ1n) is 7.62. The van der Waals surface area contributed by atoms with Crippen molar-refractivity contribution in [2.75, 3.05) is 13.2 Å². The van der Waals surface area contributed by atoms with Gasteiger partial charge in [0.2, 0.25) is 0 Å². The summed E-state index contributed by atoms with van der Waals surface area (Å²) in [6, 6.07) is 7.22. The molecular weight excluding hydrogens is 280 g/mol. The summed E-state index contributed by atoms with van der Waals surface area (Å²) in [5, 5.41) is 12.0. The van der Waals surface area contributed by atoms with Gasteiger partial charge in [0.25, 0.3) is 5.91 Å². The summed E-state index contributed by atoms with van der Waals surface area (Å²) in [6.45, 7) is 2.86. The first-order valence-corrected chi connectivity index (χ1v) is 7.62. The van der Waals surface area contributed by atoms with Crippen molar-refractivity contribution in [1.82, 2.24) is 10.3 Å². The zero-order chi connectivity index (χ0) is 15.8. The lowest BCUT2D eigenvalue weighted by Crippen LogP contribution is -2.29. The van der Waals surface area contributed by atoms with Crippen LogP contribution in [0.4, 0.5) is 0 Å². The van der Waals surface area contributed by atoms with Crippen LogP contribution in [0.3, 0.4) is 0 Å². The molecule has 0 aliphatic rings. The Morgan fingerprint density at radius 1 is 1.32 bits per heavy atom. The standard InChI is InChI=1S/C17H22N2O3/c1-2-3-13(8-9-20)10-19-17(21)15-6-4-14(5-7-15)16-11-18-12-22-16/h4-7,11-13,20H,2-3,8-10H2,1H3,(H,19,21). The van der Waals surface area contributed by atoms with Crippen molar-refractivity contribution in [3.8, 4) is 11.3 Å². The van der Waals surface area contributed by atoms with E-state index in [9.17, 15) is 4.79 Å². The Morgan fingerprint density at radius 3 is 2.68 bits per heavy atom. The van der Waals surface area contributed by atoms with E-state index in [1.54, 1.807) is 18.3 Å². The van der Waals surface area contributed by atoms with Crippen LogP contribution in [0.5, 0.6) is 0 Å². The molecule has 1 aromatic carbocycles. The molecule has 0 saturated carbocycles. The first kappa shape index (κ1) is 16.2. The van der Waals surface area contributed by atoms with E-state index in [-0.39, 0.29) is 12.5 Å². The number of nitrogens with one attached hydrogen (secondary N) is 1. The summed E-state index contributed by atoms with van der Waals surface area (Å²) in [5.74, 6) is 0.911. The zero-order valence-corrected chi connectivity index (χ0v) is 12.8. The van der Waals surface area contributed by atoms with Crippen LogP contribution in [0, 0.1) is 5.92 Å². The van der Waals surface area contributed by atoms with Gasteiger partial charge in [0.05, 0.1) is 6.20 Å². The summed E-state index contributed by atoms with van der Waals surface area (Å²) in [6.07, 6.45) is 5.79. The maximum atomic E-state index is 12.1. The van der Waals surface area contributed by atoms with Crippen LogP contribution in [-0.4, -0.2) is 29.1 Å². The minimum absolute atomic E-state index is 0.0943. The summed E-state index contributed by atoms with van der Waals surface area (Å²) in [4.78, 5) is 16.0. The normalized spacial score (nSPS) is 12.1. The Labute approximate surface area is 130 Å². The van der Waals surface area contributed by atoms with Crippen LogP contribution in [0.1, 0.15) is 36.5 Å². The lowest BCUT2D eigenvalue weighted by Gasteiger charge is -2.15. The van der Waals surface area contributed by atoms with Crippen molar-refractivity contribution < 1.29 is 14.3 Å². The SMILES string of the molecule is CCCC(CCO)CNC(=O)c1ccc(-c2cnco2)cc1. The Bertz CT molecular complexity index is 558. The third-order valence-corrected chi connectivity index (χ3v) is 3.65. The van der Waals surface area contributed by atoms with Crippen LogP contribution < -0.4 is 5.32 Å². The predicted octanol–water partition coefficient (Wildman–Crippen LogP) is 2.87. The van der Waals surface area contributed by atoms with E-state index >= 15 is 0 Å². The van der Waals surface area contributed by atoms with E-state index in [1.165, 1.54) is 6.39 Å². The van der Waals surface area contributed by atoms with Crippen LogP contribution >= 0.6 is 0 Å². The average molecular weight is 302 g/mol. The Morgan fingerprint density at radius 2 is 2.09 bits per heavy atom. The molecule has 0 aliphatic carbocycles. The molecule has 0 fully saturated rings. The number of rotatable bonds is 8. The number of hydrogen-bond acceptors (Lipinski definition) is 4. The largest absolute Gasteiger partial charge is 0.444 e. The molecule has 1 unspecified atom stereocenters. The molecule has 0 radical (unpaired) electrons. The number of carbonyl (C=O) groups excluding carboxylic acids is 1. The minimum Gasteiger partial charge on any atom is -0.444 e. The van der Waals surface area contributed by atoms with Gasteiger partial charge in [-0.25, -0.2) is 4.98 Å². The number of aromatic nitrogens is 1. The van der Waals surface area contributed by atoms with E-state index in [0.717, 1.165) is 24.8 Å². The second-order valence-electron chi connectivity index (χ2n) is 5.32. The van der Waals surface area contributed by atoms with Crippen molar-refractivity contribution in [1.29, 1.82) is 0 Å². The second kappa shape index (κ2) is 8.34. The molecule has 0 aliphatic heterocycles. The van der Waals surface area contributed by atoms with E-state index in [1.807, 2.05) is 12.1 Å². The molecule has 0 saturated heterocycles. The van der Waals surface area contributed by atoms with Gasteiger partial charge in [-0.1, -0.05) is 25.5 Å². The zero-order valence-electron chi connectivity index (χ0n) is 12.8. The number of carbonyl (C=O) groups is 1. The van der Waals surface area contributed by atoms with Crippen molar-refractivity contribution in [3.05, 3.63) is 42.4 Å². The molecule has 2 aromatic rings. The van der Waals surface area contributed by atoms with E-state index in [4.69, 9.17) is 9.52 Å². The van der Waals surface area contributed by atoms with Crippen LogP contribution in [0.2, 0.25) is 0 Å². The molecule has 0 spiro atoms. The molecule has 1 heterocycles. The first-order chi connectivity index (χ1) is 10.7. The number of aliphatic hydroxyl groups excluding tert-OH is 1. The van der Waals surface area contributed by atoms with Crippen LogP contribution in [0.25, 0.3) is 11.3 Å². The van der Waals surface area contributed by atoms with E-state index < -0.39 is 0 Å². The fraction of sp³-hybridized carbons (Fsp3) is 0.412. The summed E-state index contributed by atoms with van der Waals surface area (Å²) < 4.78 is 5.22. The molecule has 22 heavy (non-hydrogen) atoms. The van der Waals surface area contributed by atoms with Crippen molar-refractivity contribution >= 4 is 5.91 Å². The molecular formula is C17H22N2O3. The number of benzene rings is 1. The fourth-order valence-corrected chi connectivity index (χ4v) is 2.42. The van der Waals surface area contributed by atoms with Gasteiger partial charge >= 0.3 is 0 Å². The lowest BCUT2D eigenvalue weighted by atomic mass is 10.00. The third-order valence-electron chi connectivity index (χ3n) is 3.65. The van der Waals surface area contributed by atoms with Crippen molar-refractivity contribution in [2.45, 2.75) is 26.2 Å². The quantitative estimate of drug-likeness (QED) is 0.786. The highest BCUT2D eigenvalue weighted by molar-refractivity contribution is 5.94. The molecule has 0 bridgehead atoms. The summed E-state index contributed by atoms with van der Waals surface area (Å²) >= 11 is 0. The molecule has 1 amide bonds. The highest BCUT2D eigenvalue weighted by atomic mass is 16.3. The van der Waals surface area contributed by atoms with Gasteiger partial charge in [0.1, 0.15) is 0 Å². The predicted molar refractivity (Wildman–Crippen MR) is 84.4 cm³/mol. The third kappa shape index (κ3) is 4.43. The van der Waals surface area contributed by atoms with E-state index in [2.05, 4.69) is 17.2 Å². The average Bonchev–Trinajstić information content (AvgIpc) is 3.07. The van der Waals surface area contributed by atoms with Gasteiger partial charge in [-0.15, -0.1) is 0 Å². The molecule has 1 aromatic heterocycles. The number of nitrogens with zero attached hydrogens (tertiary/aromatic N) is 1. The minimum atomic E-state index is -0.0943. The van der Waals surface area contributed by atoms with Gasteiger partial charge < -0.3 is 14.8 Å². The fourth-order valence-electron chi connectivity index (χ4n) is 2.42. The van der Waals surface area contributed by atoms with Gasteiger partial charge in [-0.2, -0.15) is 0 Å². The molecule has 1 atom stereocenters. The number of hydrogen-bond donors (Lipinski definition) is 2. The Kier molecular flexibility index (Phi) is 6.15. The van der Waals surface area contributed by atoms with Gasteiger partial charge in [0, 0.05) is 24.3 Å². The number of aliphatic hydroxyl groups is 1. The number of amides is 1. The lowest BCUT2D eigenvalue weighted by molar-refractivity contribution is 0.0943. The van der Waals surface area contributed by atoms with Crippen molar-refractivity contribution in [3.63, 3.8) is 0 Å². The van der Waals surface area contributed by atoms with Gasteiger partial charge in [-0.05, 0) is 30.9 Å². The maximum absolute atomic E-state index is 12.1. The molecule has 5 nitrogen and oxygen atoms in total. The second-order valence-corrected chi connectivity index (χ2v) is 5.32. The molecule has 5 heteroatoms. The van der Waals surface area contributed by atoms with Crippen LogP contribution in [0.15, 0.2) is 41.3 Å². The van der Waals surface area contributed by atoms with Gasteiger partial charge in [-0.3, -0.25) is 4.79 Å². The highest BCUT2D eigenvalue weighted by Gasteiger charge is 2.11. The van der Waals surface area contributed by atoms with Crippen molar-refractivity contribution in [2.24, 2.45) is 5.92 Å². The summed E-state index contributed by atoms with van der Waals surface area (Å²) in [7, 11) is 0. The smallest absolute Gasteiger partial charge is 0.251 e. The van der Waals surface area contributed by atoms with Crippen LogP contribution in [-0.2, 0) is 0 Å². The molecule has 2 N–H and O–H groups in total. The number of oxazole rings is 1. The molecule has 118 valence electrons. The Balaban J connectivity index is 1.92. The summed E-state index contributed by atoms with van der Waals surface area (Å²) in [5.41, 5.74) is 1.50. The van der Waals surface area contributed by atoms with Gasteiger partial charge in [0.15, 0.2) is 12.2 Å². The Hall–Kier alpha value is -2.14. The monoisotopic (exact) mass is 302 g/mol. The van der Waals surface area contributed by atoms with E-state index in [0.29, 0.717) is 23.8 Å².